The third kappa shape index (κ3) is 7.56. The number of aryl methyl sites for hydroxylation is 1. The fourth-order valence-electron chi connectivity index (χ4n) is 9.52. The van der Waals surface area contributed by atoms with E-state index in [4.69, 9.17) is 5.10 Å². The first-order valence-corrected chi connectivity index (χ1v) is 20.6. The minimum absolute atomic E-state index is 0.198. The molecule has 5 aromatic rings. The van der Waals surface area contributed by atoms with Gasteiger partial charge in [0, 0.05) is 70.9 Å². The Bertz CT molecular complexity index is 2490. The Hall–Kier alpha value is -5.71. The second-order valence-corrected chi connectivity index (χ2v) is 16.4. The van der Waals surface area contributed by atoms with Crippen LogP contribution in [0.5, 0.6) is 0 Å². The molecule has 1 unspecified atom stereocenters. The molecular weight excluding hydrogens is 766 g/mol. The van der Waals surface area contributed by atoms with Gasteiger partial charge in [0.1, 0.15) is 17.4 Å². The van der Waals surface area contributed by atoms with Gasteiger partial charge in [-0.2, -0.15) is 18.3 Å². The molecule has 0 radical (unpaired) electrons. The molecule has 14 nitrogen and oxygen atoms in total. The number of hydrogen-bond donors (Lipinski definition) is 2. The number of nitrogens with one attached hydrogen (secondary N) is 2. The number of aromatic nitrogens is 5. The van der Waals surface area contributed by atoms with E-state index in [-0.39, 0.29) is 29.8 Å². The van der Waals surface area contributed by atoms with E-state index in [9.17, 15) is 32.3 Å². The van der Waals surface area contributed by atoms with Crippen LogP contribution in [-0.4, -0.2) is 92.3 Å². The van der Waals surface area contributed by atoms with Gasteiger partial charge in [-0.15, -0.1) is 0 Å². The molecule has 0 bridgehead atoms. The normalized spacial score (nSPS) is 22.1. The van der Waals surface area contributed by atoms with E-state index in [0.29, 0.717) is 23.5 Å². The number of imidazole rings is 1. The van der Waals surface area contributed by atoms with Crippen molar-refractivity contribution < 1.29 is 27.6 Å². The van der Waals surface area contributed by atoms with E-state index >= 15 is 0 Å². The van der Waals surface area contributed by atoms with Gasteiger partial charge < -0.3 is 15.1 Å². The lowest BCUT2D eigenvalue weighted by Crippen LogP contribution is -2.48. The molecule has 17 heteroatoms. The molecule has 4 aliphatic rings. The van der Waals surface area contributed by atoms with Crippen LogP contribution in [0.3, 0.4) is 0 Å². The molecule has 310 valence electrons. The molecule has 6 heterocycles. The predicted octanol–water partition coefficient (Wildman–Crippen LogP) is 5.49. The second kappa shape index (κ2) is 15.5. The van der Waals surface area contributed by atoms with Crippen LogP contribution < -0.4 is 26.1 Å². The molecule has 9 rings (SSSR count). The van der Waals surface area contributed by atoms with Gasteiger partial charge in [-0.1, -0.05) is 12.1 Å². The first kappa shape index (κ1) is 38.8. The average Bonchev–Trinajstić information content (AvgIpc) is 3.97. The van der Waals surface area contributed by atoms with Crippen molar-refractivity contribution in [2.45, 2.75) is 69.6 Å². The Labute approximate surface area is 337 Å². The number of alkyl halides is 3. The zero-order chi connectivity index (χ0) is 41.0. The van der Waals surface area contributed by atoms with Gasteiger partial charge in [-0.05, 0) is 87.3 Å². The number of nitrogens with zero attached hydrogens (tertiary/aromatic N) is 8. The lowest BCUT2D eigenvalue weighted by molar-refractivity contribution is -0.141. The largest absolute Gasteiger partial charge is 0.433 e. The molecule has 2 N–H and O–H groups in total. The molecule has 2 aromatic carbocycles. The Morgan fingerprint density at radius 1 is 0.881 bits per heavy atom. The van der Waals surface area contributed by atoms with Crippen molar-refractivity contribution in [1.82, 2.24) is 34.1 Å². The van der Waals surface area contributed by atoms with Crippen LogP contribution in [0.4, 0.5) is 30.2 Å². The topological polar surface area (TPSA) is 143 Å². The van der Waals surface area contributed by atoms with Crippen molar-refractivity contribution in [2.75, 3.05) is 60.9 Å². The minimum atomic E-state index is -4.65. The fourth-order valence-corrected chi connectivity index (χ4v) is 9.52. The third-order valence-corrected chi connectivity index (χ3v) is 12.6. The number of para-hydroxylation sites is 1. The number of hydrogen-bond acceptors (Lipinski definition) is 9. The molecule has 1 saturated carbocycles. The number of carbonyl (C=O) groups excluding carboxylic acids is 3. The van der Waals surface area contributed by atoms with E-state index in [1.54, 1.807) is 11.6 Å². The smallest absolute Gasteiger partial charge is 0.370 e. The Morgan fingerprint density at radius 3 is 2.34 bits per heavy atom. The van der Waals surface area contributed by atoms with Gasteiger partial charge in [0.25, 0.3) is 5.91 Å². The Morgan fingerprint density at radius 2 is 1.61 bits per heavy atom. The number of benzene rings is 2. The quantitative estimate of drug-likeness (QED) is 0.195. The third-order valence-electron chi connectivity index (χ3n) is 12.6. The van der Waals surface area contributed by atoms with Crippen LogP contribution in [0.1, 0.15) is 79.6 Å². The maximum Gasteiger partial charge on any atom is 0.433 e. The number of fused-ring (bicyclic) bond motifs is 2. The molecule has 3 amide bonds. The standard InChI is InChI=1S/C42H47F3N10O4/c1-50-38-32(7-5-8-33(38)55(41(50)59)34-14-15-37(56)48-40(34)58)53-20-18-51(19-21-53)24-26-10-12-28(13-11-26)54-25-27-22-31(35(23-30(27)49-54)52-16-2-3-17-52)47-39(57)29-6-4-9-36(46-29)42(43,44)45/h4-9,22-23,25-26,28,34H,2-3,10-21,24H2,1H3,(H,47,57)(H,48,56,58)/t26-,28-,34?. The number of anilines is 3. The highest BCUT2D eigenvalue weighted by Crippen LogP contribution is 2.38. The first-order chi connectivity index (χ1) is 28.4. The van der Waals surface area contributed by atoms with Crippen LogP contribution in [-0.2, 0) is 22.8 Å². The van der Waals surface area contributed by atoms with E-state index in [0.717, 1.165) is 118 Å². The van der Waals surface area contributed by atoms with E-state index in [1.165, 1.54) is 16.7 Å². The summed E-state index contributed by atoms with van der Waals surface area (Å²) in [6.45, 7) is 6.05. The summed E-state index contributed by atoms with van der Waals surface area (Å²) in [6.07, 6.45) is 3.99. The summed E-state index contributed by atoms with van der Waals surface area (Å²) in [5.41, 5.74) is 2.91. The molecule has 3 aliphatic heterocycles. The van der Waals surface area contributed by atoms with Crippen molar-refractivity contribution in [3.63, 3.8) is 0 Å². The molecule has 4 fully saturated rings. The SMILES string of the molecule is Cn1c(=O)n(C2CCC(=O)NC2=O)c2cccc(N3CCN(C[C@H]4CC[C@H](n5cc6cc(NC(=O)c7cccc(C(F)(F)F)n7)c(N7CCCC7)cc6n5)CC4)CC3)c21. The van der Waals surface area contributed by atoms with Crippen molar-refractivity contribution >= 4 is 56.7 Å². The summed E-state index contributed by atoms with van der Waals surface area (Å²) in [5.74, 6) is -0.896. The van der Waals surface area contributed by atoms with Crippen molar-refractivity contribution in [2.24, 2.45) is 13.0 Å². The number of halogens is 3. The summed E-state index contributed by atoms with van der Waals surface area (Å²) in [5, 5.41) is 11.1. The predicted molar refractivity (Wildman–Crippen MR) is 217 cm³/mol. The van der Waals surface area contributed by atoms with Crippen LogP contribution in [0.15, 0.2) is 59.5 Å². The fraction of sp³-hybridized carbons (Fsp3) is 0.476. The van der Waals surface area contributed by atoms with Gasteiger partial charge in [-0.25, -0.2) is 9.78 Å². The summed E-state index contributed by atoms with van der Waals surface area (Å²) < 4.78 is 45.2. The minimum Gasteiger partial charge on any atom is -0.370 e. The summed E-state index contributed by atoms with van der Waals surface area (Å²) in [4.78, 5) is 61.8. The highest BCUT2D eigenvalue weighted by molar-refractivity contribution is 6.06. The zero-order valence-electron chi connectivity index (χ0n) is 32.9. The Kier molecular flexibility index (Phi) is 10.2. The number of piperidine rings is 1. The van der Waals surface area contributed by atoms with Crippen LogP contribution in [0, 0.1) is 5.92 Å². The molecule has 0 spiro atoms. The van der Waals surface area contributed by atoms with Crippen LogP contribution in [0.2, 0.25) is 0 Å². The van der Waals surface area contributed by atoms with E-state index in [2.05, 4.69) is 35.0 Å². The maximum atomic E-state index is 13.5. The van der Waals surface area contributed by atoms with Gasteiger partial charge in [-0.3, -0.25) is 38.4 Å². The van der Waals surface area contributed by atoms with Crippen molar-refractivity contribution in [3.8, 4) is 0 Å². The number of amides is 3. The van der Waals surface area contributed by atoms with Crippen LogP contribution in [0.25, 0.3) is 21.9 Å². The van der Waals surface area contributed by atoms with Gasteiger partial charge in [0.15, 0.2) is 0 Å². The van der Waals surface area contributed by atoms with E-state index in [1.807, 2.05) is 36.5 Å². The van der Waals surface area contributed by atoms with Crippen LogP contribution >= 0.6 is 0 Å². The summed E-state index contributed by atoms with van der Waals surface area (Å²) in [6, 6.07) is 12.5. The molecule has 59 heavy (non-hydrogen) atoms. The highest BCUT2D eigenvalue weighted by Gasteiger charge is 2.35. The first-order valence-electron chi connectivity index (χ1n) is 20.6. The molecule has 3 aromatic heterocycles. The molecule has 1 atom stereocenters. The average molecular weight is 813 g/mol. The number of carbonyl (C=O) groups is 3. The van der Waals surface area contributed by atoms with Gasteiger partial charge >= 0.3 is 11.9 Å². The number of piperazine rings is 1. The maximum absolute atomic E-state index is 13.5. The van der Waals surface area contributed by atoms with Crippen molar-refractivity contribution in [3.05, 3.63) is 76.6 Å². The lowest BCUT2D eigenvalue weighted by atomic mass is 9.85. The lowest BCUT2D eigenvalue weighted by Gasteiger charge is -2.39. The van der Waals surface area contributed by atoms with Crippen molar-refractivity contribution in [1.29, 1.82) is 0 Å². The molecule has 3 saturated heterocycles. The highest BCUT2D eigenvalue weighted by atomic mass is 19.4. The Balaban J connectivity index is 0.835. The zero-order valence-corrected chi connectivity index (χ0v) is 32.9. The number of pyridine rings is 1. The second-order valence-electron chi connectivity index (χ2n) is 16.4. The molecule has 1 aliphatic carbocycles. The van der Waals surface area contributed by atoms with Gasteiger partial charge in [0.2, 0.25) is 11.8 Å². The molecular formula is C42H47F3N10O4. The van der Waals surface area contributed by atoms with Gasteiger partial charge in [0.05, 0.1) is 39.7 Å². The summed E-state index contributed by atoms with van der Waals surface area (Å²) >= 11 is 0. The monoisotopic (exact) mass is 812 g/mol. The van der Waals surface area contributed by atoms with E-state index < -0.39 is 29.7 Å². The number of imide groups is 1. The summed E-state index contributed by atoms with van der Waals surface area (Å²) in [7, 11) is 1.74. The number of rotatable bonds is 8.